The standard InChI is InChI=1S/C17H12F4N2O.C11H16N2O/c1-9-7-13-11(16(24)23(9)2)5-6-22-15(13)12-4-3-10(8-14(12)18)17(19,20)21;1-2-6-14-11(3-1)9-7-12-13(8-9)10-4-5-10/h3-8H,1-2H3;7-8,10-11H,1-6H2. The van der Waals surface area contributed by atoms with E-state index in [4.69, 9.17) is 4.74 Å². The van der Waals surface area contributed by atoms with Crippen molar-refractivity contribution in [2.24, 2.45) is 7.05 Å². The maximum Gasteiger partial charge on any atom is 0.416 e. The highest BCUT2D eigenvalue weighted by molar-refractivity contribution is 5.94. The lowest BCUT2D eigenvalue weighted by Crippen LogP contribution is -2.19. The number of pyridine rings is 2. The Morgan fingerprint density at radius 3 is 2.50 bits per heavy atom. The number of rotatable bonds is 3. The van der Waals surface area contributed by atoms with Crippen LogP contribution in [-0.4, -0.2) is 25.9 Å². The SMILES string of the molecule is Cc1cc2c(-c3ccc(C(F)(F)F)cc3F)nccc2c(=O)n1C.c1nn(C2CC2)cc1C1CCCCO1. The lowest BCUT2D eigenvalue weighted by atomic mass is 10.0. The van der Waals surface area contributed by atoms with Crippen LogP contribution in [0.5, 0.6) is 0 Å². The second kappa shape index (κ2) is 10.3. The maximum atomic E-state index is 14.3. The van der Waals surface area contributed by atoms with Crippen LogP contribution in [0, 0.1) is 12.7 Å². The van der Waals surface area contributed by atoms with Gasteiger partial charge >= 0.3 is 6.18 Å². The van der Waals surface area contributed by atoms with Gasteiger partial charge in [0.2, 0.25) is 0 Å². The minimum Gasteiger partial charge on any atom is -0.373 e. The third-order valence-electron chi connectivity index (χ3n) is 7.05. The van der Waals surface area contributed by atoms with Crippen LogP contribution in [0.1, 0.15) is 61.1 Å². The lowest BCUT2D eigenvalue weighted by Gasteiger charge is -2.21. The largest absolute Gasteiger partial charge is 0.416 e. The van der Waals surface area contributed by atoms with E-state index >= 15 is 0 Å². The molecule has 0 bridgehead atoms. The lowest BCUT2D eigenvalue weighted by molar-refractivity contribution is -0.137. The zero-order valence-corrected chi connectivity index (χ0v) is 21.1. The number of hydrogen-bond donors (Lipinski definition) is 0. The molecule has 1 aromatic carbocycles. The van der Waals surface area contributed by atoms with Crippen molar-refractivity contribution in [3.05, 3.63) is 81.9 Å². The van der Waals surface area contributed by atoms with E-state index in [2.05, 4.69) is 21.0 Å². The summed E-state index contributed by atoms with van der Waals surface area (Å²) in [7, 11) is 1.61. The zero-order chi connectivity index (χ0) is 27.0. The van der Waals surface area contributed by atoms with Crippen molar-refractivity contribution in [2.45, 2.75) is 57.3 Å². The number of aryl methyl sites for hydroxylation is 1. The van der Waals surface area contributed by atoms with Crippen LogP contribution in [0.2, 0.25) is 0 Å². The first-order chi connectivity index (χ1) is 18.1. The number of fused-ring (bicyclic) bond motifs is 1. The summed E-state index contributed by atoms with van der Waals surface area (Å²) in [4.78, 5) is 16.4. The van der Waals surface area contributed by atoms with Gasteiger partial charge in [0.15, 0.2) is 0 Å². The maximum absolute atomic E-state index is 14.3. The summed E-state index contributed by atoms with van der Waals surface area (Å²) < 4.78 is 61.6. The van der Waals surface area contributed by atoms with Crippen LogP contribution in [0.4, 0.5) is 17.6 Å². The average Bonchev–Trinajstić information content (AvgIpc) is 3.64. The van der Waals surface area contributed by atoms with Gasteiger partial charge in [0.05, 0.1) is 35.0 Å². The van der Waals surface area contributed by atoms with Crippen molar-refractivity contribution in [1.29, 1.82) is 0 Å². The van der Waals surface area contributed by atoms with Crippen LogP contribution >= 0.6 is 0 Å². The van der Waals surface area contributed by atoms with Gasteiger partial charge in [0, 0.05) is 48.3 Å². The Kier molecular flexibility index (Phi) is 7.09. The number of hydrogen-bond acceptors (Lipinski definition) is 4. The van der Waals surface area contributed by atoms with E-state index in [0.717, 1.165) is 25.2 Å². The highest BCUT2D eigenvalue weighted by Gasteiger charge is 2.31. The smallest absolute Gasteiger partial charge is 0.373 e. The van der Waals surface area contributed by atoms with E-state index in [1.54, 1.807) is 20.0 Å². The quantitative estimate of drug-likeness (QED) is 0.284. The van der Waals surface area contributed by atoms with Gasteiger partial charge in [-0.25, -0.2) is 4.39 Å². The molecule has 1 saturated heterocycles. The Bertz CT molecular complexity index is 1520. The fraction of sp³-hybridized carbons (Fsp3) is 0.393. The molecule has 0 radical (unpaired) electrons. The fourth-order valence-electron chi connectivity index (χ4n) is 4.61. The molecule has 2 aliphatic rings. The monoisotopic (exact) mass is 528 g/mol. The zero-order valence-electron chi connectivity index (χ0n) is 21.1. The summed E-state index contributed by atoms with van der Waals surface area (Å²) in [6.45, 7) is 2.63. The Morgan fingerprint density at radius 2 is 1.84 bits per heavy atom. The molecule has 1 aliphatic heterocycles. The van der Waals surface area contributed by atoms with Crippen LogP contribution in [-0.2, 0) is 18.0 Å². The summed E-state index contributed by atoms with van der Waals surface area (Å²) in [6, 6.07) is 6.12. The van der Waals surface area contributed by atoms with Crippen LogP contribution in [0.3, 0.4) is 0 Å². The molecule has 1 saturated carbocycles. The molecular weight excluding hydrogens is 500 g/mol. The van der Waals surface area contributed by atoms with Crippen LogP contribution < -0.4 is 5.56 Å². The summed E-state index contributed by atoms with van der Waals surface area (Å²) in [6.07, 6.45) is 7.45. The third-order valence-corrected chi connectivity index (χ3v) is 7.05. The van der Waals surface area contributed by atoms with E-state index in [1.165, 1.54) is 48.1 Å². The van der Waals surface area contributed by atoms with Crippen molar-refractivity contribution in [3.63, 3.8) is 0 Å². The van der Waals surface area contributed by atoms with Crippen molar-refractivity contribution in [3.8, 4) is 11.3 Å². The Balaban J connectivity index is 0.000000177. The molecule has 1 unspecified atom stereocenters. The van der Waals surface area contributed by atoms with Gasteiger partial charge in [-0.3, -0.25) is 14.5 Å². The Hall–Kier alpha value is -3.53. The van der Waals surface area contributed by atoms with Crippen molar-refractivity contribution in [1.82, 2.24) is 19.3 Å². The van der Waals surface area contributed by atoms with Crippen molar-refractivity contribution < 1.29 is 22.3 Å². The summed E-state index contributed by atoms with van der Waals surface area (Å²) in [5, 5.41) is 5.12. The summed E-state index contributed by atoms with van der Waals surface area (Å²) >= 11 is 0. The molecule has 3 aromatic heterocycles. The van der Waals surface area contributed by atoms with E-state index < -0.39 is 17.6 Å². The van der Waals surface area contributed by atoms with Gasteiger partial charge in [-0.15, -0.1) is 0 Å². The number of ether oxygens (including phenoxy) is 1. The molecular formula is C28H28F4N4O2. The number of nitrogens with zero attached hydrogens (tertiary/aromatic N) is 4. The number of aromatic nitrogens is 4. The minimum atomic E-state index is -4.63. The molecule has 0 amide bonds. The molecule has 1 atom stereocenters. The number of halogens is 4. The minimum absolute atomic E-state index is 0.0822. The fourth-order valence-corrected chi connectivity index (χ4v) is 4.61. The van der Waals surface area contributed by atoms with Gasteiger partial charge in [0.25, 0.3) is 5.56 Å². The molecule has 2 fully saturated rings. The third kappa shape index (κ3) is 5.36. The molecule has 0 spiro atoms. The molecule has 4 heterocycles. The Labute approximate surface area is 216 Å². The molecule has 200 valence electrons. The van der Waals surface area contributed by atoms with Crippen molar-refractivity contribution in [2.75, 3.05) is 6.61 Å². The average molecular weight is 529 g/mol. The first-order valence-corrected chi connectivity index (χ1v) is 12.6. The molecule has 1 aliphatic carbocycles. The Morgan fingerprint density at radius 1 is 1.05 bits per heavy atom. The van der Waals surface area contributed by atoms with Crippen LogP contribution in [0.25, 0.3) is 22.0 Å². The molecule has 6 rings (SSSR count). The van der Waals surface area contributed by atoms with Gasteiger partial charge in [-0.2, -0.15) is 18.3 Å². The van der Waals surface area contributed by atoms with Crippen molar-refractivity contribution >= 4 is 10.8 Å². The second-order valence-electron chi connectivity index (χ2n) is 9.80. The highest BCUT2D eigenvalue weighted by atomic mass is 19.4. The predicted molar refractivity (Wildman–Crippen MR) is 135 cm³/mol. The number of benzene rings is 1. The molecule has 6 nitrogen and oxygen atoms in total. The second-order valence-corrected chi connectivity index (χ2v) is 9.80. The molecule has 38 heavy (non-hydrogen) atoms. The molecule has 10 heteroatoms. The van der Waals surface area contributed by atoms with Gasteiger partial charge < -0.3 is 9.30 Å². The van der Waals surface area contributed by atoms with E-state index in [1.807, 2.05) is 6.20 Å². The summed E-state index contributed by atoms with van der Waals surface area (Å²) in [5.41, 5.74) is 0.614. The van der Waals surface area contributed by atoms with Gasteiger partial charge in [-0.1, -0.05) is 0 Å². The topological polar surface area (TPSA) is 61.9 Å². The van der Waals surface area contributed by atoms with E-state index in [0.29, 0.717) is 34.7 Å². The number of alkyl halides is 3. The van der Waals surface area contributed by atoms with Gasteiger partial charge in [0.1, 0.15) is 5.82 Å². The van der Waals surface area contributed by atoms with E-state index in [9.17, 15) is 22.4 Å². The van der Waals surface area contributed by atoms with Crippen LogP contribution in [0.15, 0.2) is 53.7 Å². The molecule has 0 N–H and O–H groups in total. The first kappa shape index (κ1) is 26.1. The normalized spacial score (nSPS) is 17.8. The van der Waals surface area contributed by atoms with E-state index in [-0.39, 0.29) is 16.8 Å². The highest BCUT2D eigenvalue weighted by Crippen LogP contribution is 2.36. The van der Waals surface area contributed by atoms with Gasteiger partial charge in [-0.05, 0) is 69.4 Å². The summed E-state index contributed by atoms with van der Waals surface area (Å²) in [5.74, 6) is -1.04. The predicted octanol–water partition coefficient (Wildman–Crippen LogP) is 6.53. The molecule has 4 aromatic rings. The first-order valence-electron chi connectivity index (χ1n) is 12.6.